The number of benzene rings is 2. The molecule has 1 N–H and O–H groups in total. The molecule has 1 amide bonds. The standard InChI is InChI=1S/C21H23N3O3/c1-16-23-20(24-27-16)14-21(25)22-13-5-8-17-9-11-19(12-10-17)26-15-18-6-3-2-4-7-18/h2-4,6-7,9-12H,5,8,13-15H2,1H3,(H,22,25). The monoisotopic (exact) mass is 365 g/mol. The molecule has 0 atom stereocenters. The molecule has 0 fully saturated rings. The van der Waals surface area contributed by atoms with Gasteiger partial charge in [0, 0.05) is 13.5 Å². The summed E-state index contributed by atoms with van der Waals surface area (Å²) in [6, 6.07) is 18.2. The molecule has 6 heteroatoms. The molecule has 0 radical (unpaired) electrons. The van der Waals surface area contributed by atoms with Crippen LogP contribution in [0.5, 0.6) is 5.75 Å². The van der Waals surface area contributed by atoms with Crippen molar-refractivity contribution in [2.45, 2.75) is 32.8 Å². The normalized spacial score (nSPS) is 10.6. The Bertz CT molecular complexity index is 845. The fourth-order valence-corrected chi connectivity index (χ4v) is 2.63. The van der Waals surface area contributed by atoms with E-state index in [9.17, 15) is 4.79 Å². The van der Waals surface area contributed by atoms with E-state index >= 15 is 0 Å². The second-order valence-corrected chi connectivity index (χ2v) is 6.28. The number of rotatable bonds is 9. The van der Waals surface area contributed by atoms with Gasteiger partial charge in [0.05, 0.1) is 6.42 Å². The molecule has 1 heterocycles. The number of nitrogens with zero attached hydrogens (tertiary/aromatic N) is 2. The van der Waals surface area contributed by atoms with Crippen LogP contribution in [0.4, 0.5) is 0 Å². The van der Waals surface area contributed by atoms with E-state index in [4.69, 9.17) is 9.26 Å². The fraction of sp³-hybridized carbons (Fsp3) is 0.286. The average molecular weight is 365 g/mol. The number of carbonyl (C=O) groups is 1. The van der Waals surface area contributed by atoms with Crippen LogP contribution in [0.1, 0.15) is 29.3 Å². The van der Waals surface area contributed by atoms with E-state index in [0.717, 1.165) is 24.2 Å². The molecule has 140 valence electrons. The van der Waals surface area contributed by atoms with Gasteiger partial charge in [0.2, 0.25) is 11.8 Å². The Kier molecular flexibility index (Phi) is 6.57. The maximum Gasteiger partial charge on any atom is 0.227 e. The molecule has 0 bridgehead atoms. The van der Waals surface area contributed by atoms with E-state index < -0.39 is 0 Å². The van der Waals surface area contributed by atoms with Crippen molar-refractivity contribution in [3.05, 3.63) is 77.4 Å². The molecular formula is C21H23N3O3. The predicted molar refractivity (Wildman–Crippen MR) is 101 cm³/mol. The Morgan fingerprint density at radius 2 is 1.85 bits per heavy atom. The summed E-state index contributed by atoms with van der Waals surface area (Å²) in [5.74, 6) is 1.64. The van der Waals surface area contributed by atoms with Gasteiger partial charge in [0.15, 0.2) is 5.82 Å². The molecule has 2 aromatic carbocycles. The highest BCUT2D eigenvalue weighted by Gasteiger charge is 2.08. The van der Waals surface area contributed by atoms with Gasteiger partial charge in [-0.2, -0.15) is 4.98 Å². The third kappa shape index (κ3) is 6.26. The molecule has 0 aliphatic heterocycles. The fourth-order valence-electron chi connectivity index (χ4n) is 2.63. The van der Waals surface area contributed by atoms with Gasteiger partial charge in [-0.05, 0) is 36.1 Å². The van der Waals surface area contributed by atoms with Crippen molar-refractivity contribution in [3.8, 4) is 5.75 Å². The summed E-state index contributed by atoms with van der Waals surface area (Å²) >= 11 is 0. The smallest absolute Gasteiger partial charge is 0.227 e. The maximum absolute atomic E-state index is 11.8. The van der Waals surface area contributed by atoms with Crippen LogP contribution in [-0.2, 0) is 24.2 Å². The van der Waals surface area contributed by atoms with Crippen molar-refractivity contribution in [1.82, 2.24) is 15.5 Å². The first kappa shape index (κ1) is 18.6. The summed E-state index contributed by atoms with van der Waals surface area (Å²) in [5.41, 5.74) is 2.36. The number of hydrogen-bond acceptors (Lipinski definition) is 5. The first-order valence-electron chi connectivity index (χ1n) is 9.00. The Morgan fingerprint density at radius 3 is 2.56 bits per heavy atom. The van der Waals surface area contributed by atoms with Gasteiger partial charge in [-0.1, -0.05) is 47.6 Å². The molecule has 27 heavy (non-hydrogen) atoms. The predicted octanol–water partition coefficient (Wildman–Crippen LogP) is 3.25. The van der Waals surface area contributed by atoms with Gasteiger partial charge >= 0.3 is 0 Å². The third-order valence-electron chi connectivity index (χ3n) is 4.02. The second kappa shape index (κ2) is 9.52. The number of amides is 1. The van der Waals surface area contributed by atoms with Crippen LogP contribution < -0.4 is 10.1 Å². The van der Waals surface area contributed by atoms with E-state index in [0.29, 0.717) is 24.9 Å². The number of nitrogens with one attached hydrogen (secondary N) is 1. The Morgan fingerprint density at radius 1 is 1.07 bits per heavy atom. The average Bonchev–Trinajstić information content (AvgIpc) is 3.10. The van der Waals surface area contributed by atoms with Crippen LogP contribution in [0.25, 0.3) is 0 Å². The van der Waals surface area contributed by atoms with Crippen molar-refractivity contribution < 1.29 is 14.1 Å². The summed E-state index contributed by atoms with van der Waals surface area (Å²) < 4.78 is 10.6. The molecule has 3 rings (SSSR count). The minimum atomic E-state index is -0.0968. The van der Waals surface area contributed by atoms with Crippen molar-refractivity contribution in [3.63, 3.8) is 0 Å². The van der Waals surface area contributed by atoms with E-state index in [1.165, 1.54) is 5.56 Å². The minimum absolute atomic E-state index is 0.0968. The summed E-state index contributed by atoms with van der Waals surface area (Å²) in [4.78, 5) is 15.8. The van der Waals surface area contributed by atoms with E-state index in [1.807, 2.05) is 42.5 Å². The molecule has 0 unspecified atom stereocenters. The summed E-state index contributed by atoms with van der Waals surface area (Å²) in [6.45, 7) is 2.88. The lowest BCUT2D eigenvalue weighted by molar-refractivity contribution is -0.120. The number of carbonyl (C=O) groups excluding carboxylic acids is 1. The molecule has 1 aromatic heterocycles. The Hall–Kier alpha value is -3.15. The van der Waals surface area contributed by atoms with E-state index in [1.54, 1.807) is 6.92 Å². The number of ether oxygens (including phenoxy) is 1. The second-order valence-electron chi connectivity index (χ2n) is 6.28. The third-order valence-corrected chi connectivity index (χ3v) is 4.02. The quantitative estimate of drug-likeness (QED) is 0.589. The lowest BCUT2D eigenvalue weighted by Crippen LogP contribution is -2.26. The Labute approximate surface area is 158 Å². The van der Waals surface area contributed by atoms with Crippen LogP contribution in [-0.4, -0.2) is 22.6 Å². The lowest BCUT2D eigenvalue weighted by Gasteiger charge is -2.08. The van der Waals surface area contributed by atoms with Crippen LogP contribution in [0.15, 0.2) is 59.1 Å². The van der Waals surface area contributed by atoms with Crippen LogP contribution in [0, 0.1) is 6.92 Å². The summed E-state index contributed by atoms with van der Waals surface area (Å²) in [6.07, 6.45) is 1.90. The molecule has 0 aliphatic rings. The summed E-state index contributed by atoms with van der Waals surface area (Å²) in [7, 11) is 0. The van der Waals surface area contributed by atoms with Crippen molar-refractivity contribution in [2.75, 3.05) is 6.54 Å². The van der Waals surface area contributed by atoms with Crippen molar-refractivity contribution >= 4 is 5.91 Å². The van der Waals surface area contributed by atoms with Gasteiger partial charge in [-0.15, -0.1) is 0 Å². The molecule has 6 nitrogen and oxygen atoms in total. The highest BCUT2D eigenvalue weighted by atomic mass is 16.5. The molecular weight excluding hydrogens is 342 g/mol. The number of hydrogen-bond donors (Lipinski definition) is 1. The maximum atomic E-state index is 11.8. The minimum Gasteiger partial charge on any atom is -0.489 e. The molecule has 0 spiro atoms. The Balaban J connectivity index is 1.34. The van der Waals surface area contributed by atoms with Gasteiger partial charge in [-0.25, -0.2) is 0 Å². The first-order valence-corrected chi connectivity index (χ1v) is 9.00. The topological polar surface area (TPSA) is 77.2 Å². The largest absolute Gasteiger partial charge is 0.489 e. The number of aryl methyl sites for hydroxylation is 2. The van der Waals surface area contributed by atoms with Crippen molar-refractivity contribution in [2.24, 2.45) is 0 Å². The zero-order valence-corrected chi connectivity index (χ0v) is 15.4. The van der Waals surface area contributed by atoms with Crippen LogP contribution in [0.2, 0.25) is 0 Å². The van der Waals surface area contributed by atoms with Gasteiger partial charge in [0.1, 0.15) is 12.4 Å². The van der Waals surface area contributed by atoms with Gasteiger partial charge in [-0.3, -0.25) is 4.79 Å². The van der Waals surface area contributed by atoms with Gasteiger partial charge in [0.25, 0.3) is 0 Å². The van der Waals surface area contributed by atoms with E-state index in [-0.39, 0.29) is 12.3 Å². The molecule has 0 saturated carbocycles. The highest BCUT2D eigenvalue weighted by molar-refractivity contribution is 5.77. The lowest BCUT2D eigenvalue weighted by atomic mass is 10.1. The zero-order chi connectivity index (χ0) is 18.9. The molecule has 0 aliphatic carbocycles. The summed E-state index contributed by atoms with van der Waals surface area (Å²) in [5, 5.41) is 6.59. The number of aromatic nitrogens is 2. The highest BCUT2D eigenvalue weighted by Crippen LogP contribution is 2.15. The zero-order valence-electron chi connectivity index (χ0n) is 15.4. The van der Waals surface area contributed by atoms with Crippen LogP contribution >= 0.6 is 0 Å². The molecule has 0 saturated heterocycles. The van der Waals surface area contributed by atoms with Crippen molar-refractivity contribution in [1.29, 1.82) is 0 Å². The first-order chi connectivity index (χ1) is 13.2. The molecule has 3 aromatic rings. The van der Waals surface area contributed by atoms with E-state index in [2.05, 4.69) is 27.6 Å². The van der Waals surface area contributed by atoms with Crippen LogP contribution in [0.3, 0.4) is 0 Å². The SMILES string of the molecule is Cc1nc(CC(=O)NCCCc2ccc(OCc3ccccc3)cc2)no1. The van der Waals surface area contributed by atoms with Gasteiger partial charge < -0.3 is 14.6 Å².